The van der Waals surface area contributed by atoms with Crippen molar-refractivity contribution in [3.63, 3.8) is 0 Å². The average molecular weight is 208 g/mol. The van der Waals surface area contributed by atoms with Gasteiger partial charge in [-0.25, -0.2) is 4.98 Å². The lowest BCUT2D eigenvalue weighted by Crippen LogP contribution is -2.06. The van der Waals surface area contributed by atoms with Crippen LogP contribution in [0.25, 0.3) is 0 Å². The van der Waals surface area contributed by atoms with Crippen LogP contribution in [0.3, 0.4) is 0 Å². The highest BCUT2D eigenvalue weighted by molar-refractivity contribution is 5.43. The molecule has 1 atom stereocenters. The predicted octanol–water partition coefficient (Wildman–Crippen LogP) is 2.32. The van der Waals surface area contributed by atoms with Gasteiger partial charge in [0.15, 0.2) is 0 Å². The number of nitrogens with two attached hydrogens (primary N) is 2. The molecule has 15 heavy (non-hydrogen) atoms. The van der Waals surface area contributed by atoms with Crippen LogP contribution < -0.4 is 11.5 Å². The molecule has 0 amide bonds. The highest BCUT2D eigenvalue weighted by atomic mass is 15.0. The van der Waals surface area contributed by atoms with Crippen LogP contribution in [0.4, 0.5) is 11.8 Å². The van der Waals surface area contributed by atoms with E-state index in [4.69, 9.17) is 11.5 Å². The summed E-state index contributed by atoms with van der Waals surface area (Å²) in [7, 11) is 0. The van der Waals surface area contributed by atoms with Gasteiger partial charge in [0.2, 0.25) is 5.95 Å². The molecule has 0 bridgehead atoms. The zero-order chi connectivity index (χ0) is 11.3. The van der Waals surface area contributed by atoms with E-state index >= 15 is 0 Å². The maximum absolute atomic E-state index is 5.80. The van der Waals surface area contributed by atoms with E-state index in [1.165, 1.54) is 19.3 Å². The molecule has 4 nitrogen and oxygen atoms in total. The minimum atomic E-state index is 0.247. The molecule has 0 radical (unpaired) electrons. The van der Waals surface area contributed by atoms with Gasteiger partial charge < -0.3 is 11.5 Å². The molecule has 0 saturated heterocycles. The highest BCUT2D eigenvalue weighted by Gasteiger charge is 2.10. The van der Waals surface area contributed by atoms with Crippen LogP contribution in [0.15, 0.2) is 6.20 Å². The van der Waals surface area contributed by atoms with Crippen molar-refractivity contribution in [3.05, 3.63) is 11.8 Å². The molecule has 0 fully saturated rings. The molecular weight excluding hydrogens is 188 g/mol. The molecule has 0 aliphatic carbocycles. The topological polar surface area (TPSA) is 77.8 Å². The molecule has 1 rings (SSSR count). The Bertz CT molecular complexity index is 311. The Labute approximate surface area is 91.1 Å². The van der Waals surface area contributed by atoms with E-state index in [1.54, 1.807) is 6.20 Å². The summed E-state index contributed by atoms with van der Waals surface area (Å²) in [6.07, 6.45) is 6.60. The van der Waals surface area contributed by atoms with E-state index in [1.807, 2.05) is 0 Å². The monoisotopic (exact) mass is 208 g/mol. The molecular formula is C11H20N4. The summed E-state index contributed by atoms with van der Waals surface area (Å²) in [6, 6.07) is 0. The lowest BCUT2D eigenvalue weighted by molar-refractivity contribution is 0.597. The second kappa shape index (κ2) is 5.53. The van der Waals surface area contributed by atoms with Crippen LogP contribution in [0.2, 0.25) is 0 Å². The minimum absolute atomic E-state index is 0.247. The van der Waals surface area contributed by atoms with Crippen molar-refractivity contribution in [3.8, 4) is 0 Å². The van der Waals surface area contributed by atoms with Gasteiger partial charge in [-0.05, 0) is 12.3 Å². The molecule has 84 valence electrons. The van der Waals surface area contributed by atoms with Crippen LogP contribution in [-0.4, -0.2) is 9.97 Å². The van der Waals surface area contributed by atoms with E-state index < -0.39 is 0 Å². The van der Waals surface area contributed by atoms with Gasteiger partial charge in [-0.15, -0.1) is 0 Å². The van der Waals surface area contributed by atoms with Gasteiger partial charge in [0.05, 0.1) is 0 Å². The number of anilines is 2. The van der Waals surface area contributed by atoms with E-state index in [0.717, 1.165) is 12.0 Å². The maximum Gasteiger partial charge on any atom is 0.221 e. The largest absolute Gasteiger partial charge is 0.383 e. The smallest absolute Gasteiger partial charge is 0.221 e. The SMILES string of the molecule is CCCCCC(C)c1cnc(N)nc1N. The Balaban J connectivity index is 2.61. The third kappa shape index (κ3) is 3.38. The van der Waals surface area contributed by atoms with E-state index in [9.17, 15) is 0 Å². The summed E-state index contributed by atoms with van der Waals surface area (Å²) in [5, 5.41) is 0. The van der Waals surface area contributed by atoms with Crippen LogP contribution in [0.5, 0.6) is 0 Å². The molecule has 4 heteroatoms. The summed E-state index contributed by atoms with van der Waals surface area (Å²) in [6.45, 7) is 4.35. The number of nitrogens with zero attached hydrogens (tertiary/aromatic N) is 2. The third-order valence-corrected chi connectivity index (χ3v) is 2.64. The molecule has 1 heterocycles. The predicted molar refractivity (Wildman–Crippen MR) is 63.4 cm³/mol. The van der Waals surface area contributed by atoms with Gasteiger partial charge in [0.1, 0.15) is 5.82 Å². The first-order valence-corrected chi connectivity index (χ1v) is 5.53. The van der Waals surface area contributed by atoms with Crippen LogP contribution in [-0.2, 0) is 0 Å². The molecule has 0 spiro atoms. The Morgan fingerprint density at radius 1 is 1.33 bits per heavy atom. The van der Waals surface area contributed by atoms with E-state index in [-0.39, 0.29) is 5.95 Å². The van der Waals surface area contributed by atoms with Crippen molar-refractivity contribution in [1.29, 1.82) is 0 Å². The zero-order valence-electron chi connectivity index (χ0n) is 9.53. The van der Waals surface area contributed by atoms with Crippen LogP contribution in [0.1, 0.15) is 51.0 Å². The number of hydrogen-bond donors (Lipinski definition) is 2. The Hall–Kier alpha value is -1.32. The zero-order valence-corrected chi connectivity index (χ0v) is 9.53. The number of nitrogen functional groups attached to an aromatic ring is 2. The number of unbranched alkanes of at least 4 members (excludes halogenated alkanes) is 2. The van der Waals surface area contributed by atoms with Crippen LogP contribution >= 0.6 is 0 Å². The third-order valence-electron chi connectivity index (χ3n) is 2.64. The van der Waals surface area contributed by atoms with Crippen LogP contribution in [0, 0.1) is 0 Å². The molecule has 0 saturated carbocycles. The molecule has 0 aliphatic rings. The van der Waals surface area contributed by atoms with Crippen molar-refractivity contribution < 1.29 is 0 Å². The first kappa shape index (κ1) is 11.8. The van der Waals surface area contributed by atoms with E-state index in [0.29, 0.717) is 11.7 Å². The molecule has 1 aromatic rings. The summed E-state index contributed by atoms with van der Waals surface area (Å²) >= 11 is 0. The quantitative estimate of drug-likeness (QED) is 0.728. The van der Waals surface area contributed by atoms with Gasteiger partial charge in [-0.1, -0.05) is 33.1 Å². The number of aromatic nitrogens is 2. The van der Waals surface area contributed by atoms with Gasteiger partial charge in [-0.3, -0.25) is 0 Å². The van der Waals surface area contributed by atoms with Crippen molar-refractivity contribution in [2.75, 3.05) is 11.5 Å². The summed E-state index contributed by atoms with van der Waals surface area (Å²) in [4.78, 5) is 7.94. The average Bonchev–Trinajstić information content (AvgIpc) is 2.17. The fourth-order valence-corrected chi connectivity index (χ4v) is 1.65. The van der Waals surface area contributed by atoms with Crippen molar-refractivity contribution in [2.24, 2.45) is 0 Å². The summed E-state index contributed by atoms with van der Waals surface area (Å²) < 4.78 is 0. The lowest BCUT2D eigenvalue weighted by atomic mass is 9.97. The van der Waals surface area contributed by atoms with Gasteiger partial charge in [0.25, 0.3) is 0 Å². The number of rotatable bonds is 5. The van der Waals surface area contributed by atoms with Gasteiger partial charge >= 0.3 is 0 Å². The normalized spacial score (nSPS) is 12.7. The first-order chi connectivity index (χ1) is 7.15. The molecule has 1 unspecified atom stereocenters. The van der Waals surface area contributed by atoms with Crippen molar-refractivity contribution in [2.45, 2.75) is 45.4 Å². The Kier molecular flexibility index (Phi) is 4.34. The molecule has 0 aliphatic heterocycles. The second-order valence-electron chi connectivity index (χ2n) is 3.97. The molecule has 4 N–H and O–H groups in total. The van der Waals surface area contributed by atoms with Gasteiger partial charge in [-0.2, -0.15) is 4.98 Å². The lowest BCUT2D eigenvalue weighted by Gasteiger charge is -2.12. The first-order valence-electron chi connectivity index (χ1n) is 5.53. The second-order valence-corrected chi connectivity index (χ2v) is 3.97. The fraction of sp³-hybridized carbons (Fsp3) is 0.636. The number of hydrogen-bond acceptors (Lipinski definition) is 4. The van der Waals surface area contributed by atoms with Gasteiger partial charge in [0, 0.05) is 11.8 Å². The minimum Gasteiger partial charge on any atom is -0.383 e. The molecule has 0 aromatic carbocycles. The van der Waals surface area contributed by atoms with E-state index in [2.05, 4.69) is 23.8 Å². The highest BCUT2D eigenvalue weighted by Crippen LogP contribution is 2.25. The standard InChI is InChI=1S/C11H20N4/c1-3-4-5-6-8(2)9-7-14-11(13)15-10(9)12/h7-8H,3-6H2,1-2H3,(H4,12,13,14,15). The van der Waals surface area contributed by atoms with Crippen molar-refractivity contribution in [1.82, 2.24) is 9.97 Å². The Morgan fingerprint density at radius 3 is 2.67 bits per heavy atom. The summed E-state index contributed by atoms with van der Waals surface area (Å²) in [5.74, 6) is 1.18. The fourth-order valence-electron chi connectivity index (χ4n) is 1.65. The Morgan fingerprint density at radius 2 is 2.07 bits per heavy atom. The maximum atomic E-state index is 5.80. The molecule has 1 aromatic heterocycles. The summed E-state index contributed by atoms with van der Waals surface area (Å²) in [5.41, 5.74) is 12.3. The van der Waals surface area contributed by atoms with Crippen molar-refractivity contribution >= 4 is 11.8 Å².